The lowest BCUT2D eigenvalue weighted by atomic mass is 10.1. The molecule has 122 valence electrons. The molecule has 0 aromatic heterocycles. The Bertz CT molecular complexity index is 638. The van der Waals surface area contributed by atoms with Gasteiger partial charge in [-0.05, 0) is 31.7 Å². The number of nitrogens with zero attached hydrogens (tertiary/aromatic N) is 1. The van der Waals surface area contributed by atoms with Gasteiger partial charge in [0, 0.05) is 30.8 Å². The fourth-order valence-electron chi connectivity index (χ4n) is 2.51. The molecule has 0 saturated carbocycles. The predicted octanol–water partition coefficient (Wildman–Crippen LogP) is 2.35. The highest BCUT2D eigenvalue weighted by Gasteiger charge is 2.13. The van der Waals surface area contributed by atoms with Crippen molar-refractivity contribution in [2.75, 3.05) is 13.6 Å². The summed E-state index contributed by atoms with van der Waals surface area (Å²) in [6, 6.07) is 13.9. The summed E-state index contributed by atoms with van der Waals surface area (Å²) in [6.45, 7) is 3.40. The second kappa shape index (κ2) is 7.65. The maximum atomic E-state index is 12.1. The second-order valence-corrected chi connectivity index (χ2v) is 5.79. The van der Waals surface area contributed by atoms with Gasteiger partial charge in [-0.15, -0.1) is 0 Å². The third-order valence-electron chi connectivity index (χ3n) is 3.42. The smallest absolute Gasteiger partial charge is 0.251 e. The number of aromatic hydroxyl groups is 2. The van der Waals surface area contributed by atoms with E-state index in [2.05, 4.69) is 22.3 Å². The van der Waals surface area contributed by atoms with E-state index in [9.17, 15) is 15.0 Å². The lowest BCUT2D eigenvalue weighted by Gasteiger charge is -2.22. The lowest BCUT2D eigenvalue weighted by Crippen LogP contribution is -2.40. The molecule has 0 spiro atoms. The van der Waals surface area contributed by atoms with Crippen LogP contribution in [-0.4, -0.2) is 40.7 Å². The molecule has 2 rings (SSSR count). The number of carbonyl (C=O) groups is 1. The van der Waals surface area contributed by atoms with Crippen molar-refractivity contribution in [3.05, 3.63) is 59.7 Å². The number of phenols is 2. The van der Waals surface area contributed by atoms with Crippen molar-refractivity contribution in [3.8, 4) is 11.5 Å². The molecule has 1 atom stereocenters. The Kier molecular flexibility index (Phi) is 5.60. The molecule has 0 radical (unpaired) electrons. The lowest BCUT2D eigenvalue weighted by molar-refractivity contribution is 0.0930. The van der Waals surface area contributed by atoms with Crippen molar-refractivity contribution < 1.29 is 15.0 Å². The summed E-state index contributed by atoms with van der Waals surface area (Å²) in [5.74, 6) is -0.593. The van der Waals surface area contributed by atoms with E-state index in [0.29, 0.717) is 6.54 Å². The summed E-state index contributed by atoms with van der Waals surface area (Å²) in [6.07, 6.45) is 0. The largest absolute Gasteiger partial charge is 0.508 e. The molecule has 0 saturated heterocycles. The number of rotatable bonds is 6. The van der Waals surface area contributed by atoms with Gasteiger partial charge in [0.1, 0.15) is 11.5 Å². The molecule has 0 fully saturated rings. The third-order valence-corrected chi connectivity index (χ3v) is 3.42. The van der Waals surface area contributed by atoms with Crippen molar-refractivity contribution >= 4 is 5.91 Å². The Morgan fingerprint density at radius 3 is 2.35 bits per heavy atom. The first-order chi connectivity index (χ1) is 10.9. The van der Waals surface area contributed by atoms with Crippen LogP contribution in [0.2, 0.25) is 0 Å². The standard InChI is InChI=1S/C18H22N2O3/c1-13(11-20(2)12-14-6-4-3-5-7-14)19-18(23)15-8-16(21)10-17(22)9-15/h3-10,13,21-22H,11-12H2,1-2H3,(H,19,23)/t13-/m1/s1. The summed E-state index contributed by atoms with van der Waals surface area (Å²) in [4.78, 5) is 14.3. The topological polar surface area (TPSA) is 72.8 Å². The molecule has 0 bridgehead atoms. The van der Waals surface area contributed by atoms with Gasteiger partial charge in [0.15, 0.2) is 0 Å². The van der Waals surface area contributed by atoms with E-state index < -0.39 is 0 Å². The highest BCUT2D eigenvalue weighted by Crippen LogP contribution is 2.20. The van der Waals surface area contributed by atoms with Gasteiger partial charge in [0.05, 0.1) is 0 Å². The molecule has 5 nitrogen and oxygen atoms in total. The minimum absolute atomic E-state index is 0.0688. The minimum Gasteiger partial charge on any atom is -0.508 e. The molecule has 23 heavy (non-hydrogen) atoms. The van der Waals surface area contributed by atoms with E-state index in [4.69, 9.17) is 0 Å². The maximum Gasteiger partial charge on any atom is 0.251 e. The fraction of sp³-hybridized carbons (Fsp3) is 0.278. The fourth-order valence-corrected chi connectivity index (χ4v) is 2.51. The van der Waals surface area contributed by atoms with Crippen molar-refractivity contribution in [2.45, 2.75) is 19.5 Å². The Morgan fingerprint density at radius 1 is 1.13 bits per heavy atom. The van der Waals surface area contributed by atoms with Crippen molar-refractivity contribution in [1.82, 2.24) is 10.2 Å². The predicted molar refractivity (Wildman–Crippen MR) is 89.5 cm³/mol. The van der Waals surface area contributed by atoms with E-state index in [1.165, 1.54) is 23.8 Å². The first kappa shape index (κ1) is 16.8. The number of benzene rings is 2. The quantitative estimate of drug-likeness (QED) is 0.765. The zero-order chi connectivity index (χ0) is 16.8. The average Bonchev–Trinajstić information content (AvgIpc) is 2.46. The average molecular weight is 314 g/mol. The Balaban J connectivity index is 1.88. The van der Waals surface area contributed by atoms with Crippen molar-refractivity contribution in [1.29, 1.82) is 0 Å². The van der Waals surface area contributed by atoms with Crippen LogP contribution in [-0.2, 0) is 6.54 Å². The summed E-state index contributed by atoms with van der Waals surface area (Å²) in [7, 11) is 2.00. The molecule has 0 unspecified atom stereocenters. The van der Waals surface area contributed by atoms with Gasteiger partial charge in [-0.1, -0.05) is 30.3 Å². The van der Waals surface area contributed by atoms with Gasteiger partial charge >= 0.3 is 0 Å². The molecule has 0 aliphatic carbocycles. The van der Waals surface area contributed by atoms with E-state index in [-0.39, 0.29) is 29.0 Å². The first-order valence-electron chi connectivity index (χ1n) is 7.50. The van der Waals surface area contributed by atoms with Crippen molar-refractivity contribution in [3.63, 3.8) is 0 Å². The van der Waals surface area contributed by atoms with Gasteiger partial charge in [0.2, 0.25) is 0 Å². The number of phenolic OH excluding ortho intramolecular Hbond substituents is 2. The molecular weight excluding hydrogens is 292 g/mol. The molecule has 1 amide bonds. The second-order valence-electron chi connectivity index (χ2n) is 5.79. The number of hydrogen-bond acceptors (Lipinski definition) is 4. The van der Waals surface area contributed by atoms with Crippen LogP contribution in [0, 0.1) is 0 Å². The van der Waals surface area contributed by atoms with Crippen LogP contribution in [0.3, 0.4) is 0 Å². The van der Waals surface area contributed by atoms with Crippen LogP contribution in [0.4, 0.5) is 0 Å². The van der Waals surface area contributed by atoms with E-state index in [1.54, 1.807) is 0 Å². The van der Waals surface area contributed by atoms with Gasteiger partial charge in [-0.25, -0.2) is 0 Å². The highest BCUT2D eigenvalue weighted by atomic mass is 16.3. The molecule has 2 aromatic rings. The summed E-state index contributed by atoms with van der Waals surface area (Å²) in [5, 5.41) is 21.7. The van der Waals surface area contributed by atoms with Crippen LogP contribution in [0.1, 0.15) is 22.8 Å². The van der Waals surface area contributed by atoms with Gasteiger partial charge in [-0.3, -0.25) is 4.79 Å². The van der Waals surface area contributed by atoms with E-state index in [1.807, 2.05) is 32.2 Å². The minimum atomic E-state index is -0.322. The number of nitrogens with one attached hydrogen (secondary N) is 1. The maximum absolute atomic E-state index is 12.1. The van der Waals surface area contributed by atoms with Crippen LogP contribution in [0.15, 0.2) is 48.5 Å². The molecule has 2 aromatic carbocycles. The Morgan fingerprint density at radius 2 is 1.74 bits per heavy atom. The summed E-state index contributed by atoms with van der Waals surface area (Å²) < 4.78 is 0. The monoisotopic (exact) mass is 314 g/mol. The molecule has 0 aliphatic rings. The van der Waals surface area contributed by atoms with E-state index >= 15 is 0 Å². The Hall–Kier alpha value is -2.53. The molecular formula is C18H22N2O3. The zero-order valence-corrected chi connectivity index (χ0v) is 13.4. The molecule has 3 N–H and O–H groups in total. The molecule has 0 heterocycles. The summed E-state index contributed by atoms with van der Waals surface area (Å²) in [5.41, 5.74) is 1.45. The molecule has 5 heteroatoms. The Labute approximate surface area is 136 Å². The molecule has 0 aliphatic heterocycles. The van der Waals surface area contributed by atoms with Gasteiger partial charge in [-0.2, -0.15) is 0 Å². The normalized spacial score (nSPS) is 12.1. The van der Waals surface area contributed by atoms with Crippen LogP contribution >= 0.6 is 0 Å². The first-order valence-corrected chi connectivity index (χ1v) is 7.50. The SMILES string of the molecule is C[C@H](CN(C)Cc1ccccc1)NC(=O)c1cc(O)cc(O)c1. The van der Waals surface area contributed by atoms with Crippen LogP contribution in [0.25, 0.3) is 0 Å². The van der Waals surface area contributed by atoms with Gasteiger partial charge < -0.3 is 20.4 Å². The summed E-state index contributed by atoms with van der Waals surface area (Å²) >= 11 is 0. The van der Waals surface area contributed by atoms with Crippen LogP contribution in [0.5, 0.6) is 11.5 Å². The number of carbonyl (C=O) groups excluding carboxylic acids is 1. The van der Waals surface area contributed by atoms with Crippen molar-refractivity contribution in [2.24, 2.45) is 0 Å². The van der Waals surface area contributed by atoms with Crippen LogP contribution < -0.4 is 5.32 Å². The third kappa shape index (κ3) is 5.30. The number of likely N-dealkylation sites (N-methyl/N-ethyl adjacent to an activating group) is 1. The van der Waals surface area contributed by atoms with E-state index in [0.717, 1.165) is 6.54 Å². The number of hydrogen-bond donors (Lipinski definition) is 3. The number of amides is 1. The van der Waals surface area contributed by atoms with Gasteiger partial charge in [0.25, 0.3) is 5.91 Å². The zero-order valence-electron chi connectivity index (χ0n) is 13.4. The highest BCUT2D eigenvalue weighted by molar-refractivity contribution is 5.95.